The van der Waals surface area contributed by atoms with Crippen LogP contribution < -0.4 is 5.32 Å². The molecule has 0 aliphatic rings. The topological polar surface area (TPSA) is 49.4 Å². The number of sulfone groups is 1. The average Bonchev–Trinajstić information content (AvgIpc) is 2.46. The van der Waals surface area contributed by atoms with Crippen molar-refractivity contribution in [3.8, 4) is 0 Å². The van der Waals surface area contributed by atoms with Gasteiger partial charge in [-0.3, -0.25) is 0 Å². The molecule has 1 N–H and O–H groups in total. The maximum Gasteiger partial charge on any atom is 0.179 e. The molecule has 1 aromatic carbocycles. The summed E-state index contributed by atoms with van der Waals surface area (Å²) in [6, 6.07) is 9.14. The van der Waals surface area contributed by atoms with Gasteiger partial charge in [-0.1, -0.05) is 25.1 Å². The van der Waals surface area contributed by atoms with E-state index in [1.165, 1.54) is 0 Å². The number of likely N-dealkylation sites (N-methyl/N-ethyl adjacent to an activating group) is 1. The Balaban J connectivity index is 2.42. The summed E-state index contributed by atoms with van der Waals surface area (Å²) >= 11 is 0. The van der Waals surface area contributed by atoms with Crippen molar-refractivity contribution in [3.05, 3.63) is 30.3 Å². The highest BCUT2D eigenvalue weighted by Gasteiger charge is 2.18. The molecule has 2 atom stereocenters. The van der Waals surface area contributed by atoms with Gasteiger partial charge in [0, 0.05) is 25.2 Å². The molecular formula is C16H28N2O2S. The van der Waals surface area contributed by atoms with Gasteiger partial charge in [0.25, 0.3) is 0 Å². The normalized spacial score (nSPS) is 15.1. The Morgan fingerprint density at radius 2 is 1.81 bits per heavy atom. The van der Waals surface area contributed by atoms with Crippen molar-refractivity contribution in [1.82, 2.24) is 10.2 Å². The van der Waals surface area contributed by atoms with Crippen LogP contribution in [0.3, 0.4) is 0 Å². The number of hydrogen-bond acceptors (Lipinski definition) is 4. The van der Waals surface area contributed by atoms with Gasteiger partial charge in [0.2, 0.25) is 0 Å². The number of benzene rings is 1. The van der Waals surface area contributed by atoms with Crippen molar-refractivity contribution in [2.75, 3.05) is 25.9 Å². The summed E-state index contributed by atoms with van der Waals surface area (Å²) in [4.78, 5) is 2.68. The third-order valence-electron chi connectivity index (χ3n) is 3.87. The molecule has 0 unspecified atom stereocenters. The lowest BCUT2D eigenvalue weighted by Crippen LogP contribution is -2.40. The molecule has 0 fully saturated rings. The smallest absolute Gasteiger partial charge is 0.179 e. The third kappa shape index (κ3) is 6.16. The highest BCUT2D eigenvalue weighted by atomic mass is 32.2. The Morgan fingerprint density at radius 1 is 1.19 bits per heavy atom. The van der Waals surface area contributed by atoms with Crippen LogP contribution in [-0.4, -0.2) is 51.3 Å². The number of hydrogen-bond donors (Lipinski definition) is 1. The van der Waals surface area contributed by atoms with Gasteiger partial charge < -0.3 is 10.2 Å². The minimum Gasteiger partial charge on any atom is -0.312 e. The fraction of sp³-hybridized carbons (Fsp3) is 0.625. The Bertz CT molecular complexity index is 502. The summed E-state index contributed by atoms with van der Waals surface area (Å²) in [6.07, 6.45) is 1.12. The van der Waals surface area contributed by atoms with Gasteiger partial charge in [0.15, 0.2) is 9.84 Å². The maximum atomic E-state index is 12.2. The van der Waals surface area contributed by atoms with Crippen LogP contribution in [0.2, 0.25) is 0 Å². The van der Waals surface area contributed by atoms with Crippen molar-refractivity contribution in [3.63, 3.8) is 0 Å². The van der Waals surface area contributed by atoms with Crippen LogP contribution in [-0.2, 0) is 9.84 Å². The second-order valence-electron chi connectivity index (χ2n) is 5.69. The average molecular weight is 312 g/mol. The highest BCUT2D eigenvalue weighted by molar-refractivity contribution is 7.91. The number of rotatable bonds is 9. The lowest BCUT2D eigenvalue weighted by Gasteiger charge is -2.24. The lowest BCUT2D eigenvalue weighted by atomic mass is 10.2. The lowest BCUT2D eigenvalue weighted by molar-refractivity contribution is 0.250. The predicted molar refractivity (Wildman–Crippen MR) is 88.3 cm³/mol. The largest absolute Gasteiger partial charge is 0.312 e. The summed E-state index contributed by atoms with van der Waals surface area (Å²) in [5.41, 5.74) is 0. The molecule has 1 rings (SSSR count). The fourth-order valence-corrected chi connectivity index (χ4v) is 3.67. The zero-order valence-electron chi connectivity index (χ0n) is 13.5. The van der Waals surface area contributed by atoms with E-state index in [0.717, 1.165) is 19.5 Å². The number of nitrogens with zero attached hydrogens (tertiary/aromatic N) is 1. The molecule has 0 spiro atoms. The number of nitrogens with one attached hydrogen (secondary N) is 1. The molecule has 120 valence electrons. The Morgan fingerprint density at radius 3 is 2.38 bits per heavy atom. The molecule has 0 radical (unpaired) electrons. The van der Waals surface area contributed by atoms with Crippen LogP contribution in [0.25, 0.3) is 0 Å². The molecular weight excluding hydrogens is 284 g/mol. The second kappa shape index (κ2) is 8.51. The van der Waals surface area contributed by atoms with Gasteiger partial charge in [-0.05, 0) is 39.4 Å². The van der Waals surface area contributed by atoms with Gasteiger partial charge in [-0.25, -0.2) is 8.42 Å². The van der Waals surface area contributed by atoms with Gasteiger partial charge in [-0.15, -0.1) is 0 Å². The van der Waals surface area contributed by atoms with E-state index in [0.29, 0.717) is 10.9 Å². The summed E-state index contributed by atoms with van der Waals surface area (Å²) in [5.74, 6) is 0.129. The zero-order chi connectivity index (χ0) is 15.9. The van der Waals surface area contributed by atoms with Crippen molar-refractivity contribution < 1.29 is 8.42 Å². The van der Waals surface area contributed by atoms with E-state index in [4.69, 9.17) is 0 Å². The first-order valence-electron chi connectivity index (χ1n) is 7.58. The monoisotopic (exact) mass is 312 g/mol. The molecule has 0 heterocycles. The van der Waals surface area contributed by atoms with E-state index in [9.17, 15) is 8.42 Å². The first kappa shape index (κ1) is 18.1. The molecule has 4 nitrogen and oxygen atoms in total. The fourth-order valence-electron chi connectivity index (χ4n) is 2.13. The summed E-state index contributed by atoms with van der Waals surface area (Å²) in [5, 5.41) is 3.30. The molecule has 1 aromatic rings. The molecule has 0 aliphatic heterocycles. The van der Waals surface area contributed by atoms with Crippen LogP contribution >= 0.6 is 0 Å². The molecule has 0 aliphatic carbocycles. The van der Waals surface area contributed by atoms with E-state index in [1.807, 2.05) is 13.0 Å². The van der Waals surface area contributed by atoms with Gasteiger partial charge in [0.05, 0.1) is 10.6 Å². The standard InChI is InChI=1S/C16H28N2O2S/c1-5-15(3)18(4)12-11-17-14(2)13-21(19,20)16-9-7-6-8-10-16/h6-10,14-15,17H,5,11-13H2,1-4H3/t14-,15-/m1/s1. The molecule has 0 aromatic heterocycles. The minimum absolute atomic E-state index is 0.0551. The first-order chi connectivity index (χ1) is 9.86. The van der Waals surface area contributed by atoms with E-state index in [1.54, 1.807) is 24.3 Å². The SMILES string of the molecule is CC[C@@H](C)N(C)CCN[C@H](C)CS(=O)(=O)c1ccccc1. The Hall–Kier alpha value is -0.910. The van der Waals surface area contributed by atoms with Crippen LogP contribution in [0, 0.1) is 0 Å². The van der Waals surface area contributed by atoms with Crippen LogP contribution in [0.1, 0.15) is 27.2 Å². The molecule has 0 bridgehead atoms. The van der Waals surface area contributed by atoms with E-state index in [-0.39, 0.29) is 11.8 Å². The third-order valence-corrected chi connectivity index (χ3v) is 5.80. The van der Waals surface area contributed by atoms with Crippen molar-refractivity contribution in [1.29, 1.82) is 0 Å². The molecule has 0 saturated carbocycles. The quantitative estimate of drug-likeness (QED) is 0.759. The Kier molecular flexibility index (Phi) is 7.35. The summed E-state index contributed by atoms with van der Waals surface area (Å²) in [6.45, 7) is 8.01. The maximum absolute atomic E-state index is 12.2. The van der Waals surface area contributed by atoms with Crippen molar-refractivity contribution in [2.24, 2.45) is 0 Å². The molecule has 21 heavy (non-hydrogen) atoms. The summed E-state index contributed by atoms with van der Waals surface area (Å²) in [7, 11) is -1.11. The van der Waals surface area contributed by atoms with Crippen molar-refractivity contribution >= 4 is 9.84 Å². The highest BCUT2D eigenvalue weighted by Crippen LogP contribution is 2.11. The molecule has 0 saturated heterocycles. The minimum atomic E-state index is -3.21. The zero-order valence-corrected chi connectivity index (χ0v) is 14.4. The van der Waals surface area contributed by atoms with Crippen molar-refractivity contribution in [2.45, 2.75) is 44.2 Å². The van der Waals surface area contributed by atoms with E-state index in [2.05, 4.69) is 31.1 Å². The van der Waals surface area contributed by atoms with E-state index < -0.39 is 9.84 Å². The summed E-state index contributed by atoms with van der Waals surface area (Å²) < 4.78 is 24.5. The molecule has 5 heteroatoms. The second-order valence-corrected chi connectivity index (χ2v) is 7.72. The van der Waals surface area contributed by atoms with Gasteiger partial charge in [-0.2, -0.15) is 0 Å². The predicted octanol–water partition coefficient (Wildman–Crippen LogP) is 2.17. The first-order valence-corrected chi connectivity index (χ1v) is 9.23. The molecule has 0 amide bonds. The van der Waals surface area contributed by atoms with E-state index >= 15 is 0 Å². The van der Waals surface area contributed by atoms with Gasteiger partial charge in [0.1, 0.15) is 0 Å². The van der Waals surface area contributed by atoms with Crippen LogP contribution in [0.15, 0.2) is 35.2 Å². The van der Waals surface area contributed by atoms with Crippen LogP contribution in [0.4, 0.5) is 0 Å². The Labute approximate surface area is 129 Å². The van der Waals surface area contributed by atoms with Crippen LogP contribution in [0.5, 0.6) is 0 Å². The van der Waals surface area contributed by atoms with Gasteiger partial charge >= 0.3 is 0 Å².